The molecule has 0 bridgehead atoms. The van der Waals surface area contributed by atoms with E-state index in [2.05, 4.69) is 6.07 Å². The molecule has 0 aliphatic rings. The molecular formula is C16H12N2O3. The van der Waals surface area contributed by atoms with Crippen LogP contribution in [0.25, 0.3) is 11.6 Å². The Morgan fingerprint density at radius 2 is 1.90 bits per heavy atom. The zero-order valence-electron chi connectivity index (χ0n) is 11.3. The Morgan fingerprint density at radius 3 is 2.48 bits per heavy atom. The van der Waals surface area contributed by atoms with Crippen LogP contribution in [0.2, 0.25) is 0 Å². The van der Waals surface area contributed by atoms with Crippen LogP contribution >= 0.6 is 0 Å². The van der Waals surface area contributed by atoms with Crippen LogP contribution in [-0.2, 0) is 0 Å². The summed E-state index contributed by atoms with van der Waals surface area (Å²) in [5, 5.41) is 20.3. The SMILES string of the molecule is COc1ccc(C(C#N)=Cc2ccccc2[N+](=O)[O-])cc1. The van der Waals surface area contributed by atoms with E-state index in [0.29, 0.717) is 22.4 Å². The smallest absolute Gasteiger partial charge is 0.276 e. The molecule has 0 atom stereocenters. The summed E-state index contributed by atoms with van der Waals surface area (Å²) in [7, 11) is 1.56. The molecule has 0 saturated heterocycles. The van der Waals surface area contributed by atoms with Crippen LogP contribution in [0, 0.1) is 21.4 Å². The predicted molar refractivity (Wildman–Crippen MR) is 79.6 cm³/mol. The topological polar surface area (TPSA) is 76.2 Å². The molecule has 0 spiro atoms. The first kappa shape index (κ1) is 14.3. The Morgan fingerprint density at radius 1 is 1.24 bits per heavy atom. The summed E-state index contributed by atoms with van der Waals surface area (Å²) in [5.41, 5.74) is 1.40. The van der Waals surface area contributed by atoms with Crippen molar-refractivity contribution in [1.29, 1.82) is 5.26 Å². The summed E-state index contributed by atoms with van der Waals surface area (Å²) in [6.45, 7) is 0. The minimum absolute atomic E-state index is 0.0289. The minimum atomic E-state index is -0.463. The Kier molecular flexibility index (Phi) is 4.32. The molecule has 0 radical (unpaired) electrons. The van der Waals surface area contributed by atoms with Crippen molar-refractivity contribution in [2.24, 2.45) is 0 Å². The molecule has 21 heavy (non-hydrogen) atoms. The second kappa shape index (κ2) is 6.35. The molecule has 0 heterocycles. The summed E-state index contributed by atoms with van der Waals surface area (Å²) in [5.74, 6) is 0.682. The van der Waals surface area contributed by atoms with Crippen molar-refractivity contribution < 1.29 is 9.66 Å². The van der Waals surface area contributed by atoms with Crippen LogP contribution < -0.4 is 4.74 Å². The molecule has 0 N–H and O–H groups in total. The zero-order valence-corrected chi connectivity index (χ0v) is 11.3. The van der Waals surface area contributed by atoms with Gasteiger partial charge in [0.2, 0.25) is 0 Å². The molecule has 2 rings (SSSR count). The van der Waals surface area contributed by atoms with Crippen LogP contribution in [0.3, 0.4) is 0 Å². The summed E-state index contributed by atoms with van der Waals surface area (Å²) < 4.78 is 5.06. The van der Waals surface area contributed by atoms with Gasteiger partial charge in [0.15, 0.2) is 0 Å². The molecule has 104 valence electrons. The van der Waals surface area contributed by atoms with Gasteiger partial charge in [-0.05, 0) is 42.0 Å². The van der Waals surface area contributed by atoms with E-state index in [9.17, 15) is 15.4 Å². The molecule has 5 heteroatoms. The second-order valence-corrected chi connectivity index (χ2v) is 4.21. The van der Waals surface area contributed by atoms with Gasteiger partial charge in [0.1, 0.15) is 5.75 Å². The molecule has 5 nitrogen and oxygen atoms in total. The Balaban J connectivity index is 2.46. The van der Waals surface area contributed by atoms with Crippen molar-refractivity contribution in [3.05, 3.63) is 69.8 Å². The Labute approximate surface area is 121 Å². The van der Waals surface area contributed by atoms with Gasteiger partial charge in [-0.1, -0.05) is 12.1 Å². The van der Waals surface area contributed by atoms with Gasteiger partial charge in [-0.15, -0.1) is 0 Å². The largest absolute Gasteiger partial charge is 0.497 e. The molecule has 0 unspecified atom stereocenters. The first-order valence-corrected chi connectivity index (χ1v) is 6.15. The number of allylic oxidation sites excluding steroid dienone is 1. The van der Waals surface area contributed by atoms with E-state index in [1.807, 2.05) is 0 Å². The van der Waals surface area contributed by atoms with Crippen molar-refractivity contribution in [3.8, 4) is 11.8 Å². The highest BCUT2D eigenvalue weighted by Crippen LogP contribution is 2.25. The average Bonchev–Trinajstić information content (AvgIpc) is 2.53. The first-order chi connectivity index (χ1) is 10.2. The molecule has 0 saturated carbocycles. The summed E-state index contributed by atoms with van der Waals surface area (Å²) >= 11 is 0. The predicted octanol–water partition coefficient (Wildman–Crippen LogP) is 3.67. The molecule has 2 aromatic carbocycles. The van der Waals surface area contributed by atoms with E-state index in [1.165, 1.54) is 12.1 Å². The van der Waals surface area contributed by atoms with Crippen molar-refractivity contribution in [2.75, 3.05) is 7.11 Å². The quantitative estimate of drug-likeness (QED) is 0.370. The minimum Gasteiger partial charge on any atom is -0.497 e. The molecule has 0 aliphatic carbocycles. The van der Waals surface area contributed by atoms with Crippen molar-refractivity contribution >= 4 is 17.3 Å². The number of nitriles is 1. The lowest BCUT2D eigenvalue weighted by Gasteiger charge is -2.03. The van der Waals surface area contributed by atoms with Gasteiger partial charge < -0.3 is 4.74 Å². The normalized spacial score (nSPS) is 10.8. The van der Waals surface area contributed by atoms with Crippen molar-refractivity contribution in [3.63, 3.8) is 0 Å². The van der Waals surface area contributed by atoms with E-state index in [1.54, 1.807) is 49.6 Å². The maximum absolute atomic E-state index is 11.0. The molecule has 0 amide bonds. The molecular weight excluding hydrogens is 268 g/mol. The summed E-state index contributed by atoms with van der Waals surface area (Å²) in [4.78, 5) is 10.5. The first-order valence-electron chi connectivity index (χ1n) is 6.15. The van der Waals surface area contributed by atoms with E-state index in [-0.39, 0.29) is 5.69 Å². The van der Waals surface area contributed by atoms with Gasteiger partial charge in [-0.3, -0.25) is 10.1 Å². The number of methoxy groups -OCH3 is 1. The highest BCUT2D eigenvalue weighted by molar-refractivity contribution is 5.91. The van der Waals surface area contributed by atoms with Gasteiger partial charge in [0.25, 0.3) is 5.69 Å². The third-order valence-corrected chi connectivity index (χ3v) is 2.95. The number of nitrogens with zero attached hydrogens (tertiary/aromatic N) is 2. The van der Waals surface area contributed by atoms with Crippen LogP contribution in [0.4, 0.5) is 5.69 Å². The van der Waals surface area contributed by atoms with E-state index < -0.39 is 4.92 Å². The Bertz CT molecular complexity index is 728. The van der Waals surface area contributed by atoms with E-state index >= 15 is 0 Å². The molecule has 0 fully saturated rings. The number of hydrogen-bond acceptors (Lipinski definition) is 4. The van der Waals surface area contributed by atoms with Crippen molar-refractivity contribution in [2.45, 2.75) is 0 Å². The lowest BCUT2D eigenvalue weighted by Crippen LogP contribution is -1.91. The molecule has 2 aromatic rings. The summed E-state index contributed by atoms with van der Waals surface area (Å²) in [6, 6.07) is 15.3. The van der Waals surface area contributed by atoms with Crippen LogP contribution in [0.5, 0.6) is 5.75 Å². The van der Waals surface area contributed by atoms with Gasteiger partial charge in [-0.25, -0.2) is 0 Å². The third-order valence-electron chi connectivity index (χ3n) is 2.95. The number of hydrogen-bond donors (Lipinski definition) is 0. The standard InChI is InChI=1S/C16H12N2O3/c1-21-15-8-6-12(7-9-15)14(11-17)10-13-4-2-3-5-16(13)18(19)20/h2-10H,1H3. The van der Waals surface area contributed by atoms with Crippen molar-refractivity contribution in [1.82, 2.24) is 0 Å². The average molecular weight is 280 g/mol. The highest BCUT2D eigenvalue weighted by atomic mass is 16.6. The fourth-order valence-electron chi connectivity index (χ4n) is 1.88. The monoisotopic (exact) mass is 280 g/mol. The van der Waals surface area contributed by atoms with E-state index in [0.717, 1.165) is 0 Å². The maximum atomic E-state index is 11.0. The lowest BCUT2D eigenvalue weighted by atomic mass is 10.0. The van der Waals surface area contributed by atoms with Crippen LogP contribution in [-0.4, -0.2) is 12.0 Å². The molecule has 0 aliphatic heterocycles. The zero-order chi connectivity index (χ0) is 15.2. The van der Waals surface area contributed by atoms with Gasteiger partial charge in [0.05, 0.1) is 29.2 Å². The fraction of sp³-hybridized carbons (Fsp3) is 0.0625. The highest BCUT2D eigenvalue weighted by Gasteiger charge is 2.11. The van der Waals surface area contributed by atoms with Crippen LogP contribution in [0.15, 0.2) is 48.5 Å². The van der Waals surface area contributed by atoms with Gasteiger partial charge in [-0.2, -0.15) is 5.26 Å². The second-order valence-electron chi connectivity index (χ2n) is 4.21. The number of nitro groups is 1. The van der Waals surface area contributed by atoms with Gasteiger partial charge >= 0.3 is 0 Å². The Hall–Kier alpha value is -3.13. The number of benzene rings is 2. The number of nitro benzene ring substituents is 1. The number of ether oxygens (including phenoxy) is 1. The van der Waals surface area contributed by atoms with E-state index in [4.69, 9.17) is 4.74 Å². The number of rotatable bonds is 4. The third kappa shape index (κ3) is 3.25. The number of para-hydroxylation sites is 1. The lowest BCUT2D eigenvalue weighted by molar-refractivity contribution is -0.385. The van der Waals surface area contributed by atoms with Crippen LogP contribution in [0.1, 0.15) is 11.1 Å². The summed E-state index contributed by atoms with van der Waals surface area (Å²) in [6.07, 6.45) is 1.51. The van der Waals surface area contributed by atoms with Gasteiger partial charge in [0, 0.05) is 6.07 Å². The fourth-order valence-corrected chi connectivity index (χ4v) is 1.88. The molecule has 0 aromatic heterocycles. The maximum Gasteiger partial charge on any atom is 0.276 e.